The van der Waals surface area contributed by atoms with Crippen LogP contribution >= 0.6 is 11.3 Å². The molecule has 0 aliphatic carbocycles. The fourth-order valence-electron chi connectivity index (χ4n) is 2.99. The number of methoxy groups -OCH3 is 2. The summed E-state index contributed by atoms with van der Waals surface area (Å²) in [5, 5.41) is 0. The van der Waals surface area contributed by atoms with Crippen LogP contribution < -0.4 is 9.54 Å². The second kappa shape index (κ2) is 9.44. The molecular weight excluding hydrogens is 440 g/mol. The monoisotopic (exact) mass is 462 g/mol. The third kappa shape index (κ3) is 5.02. The van der Waals surface area contributed by atoms with Gasteiger partial charge >= 0.3 is 5.97 Å². The second-order valence-corrected chi connectivity index (χ2v) is 9.67. The standard InChI is InChI=1S/C21H22N2O6S2/c1-4-23-17-10-5-14(20(25)29-3)13-18(17)30-21(23)22-19(24)11-12-31(26,27)16-8-6-15(28-2)7-9-16/h5-10,13H,4,11-12H2,1-3H3. The average Bonchev–Trinajstić information content (AvgIpc) is 3.13. The number of carbonyl (C=O) groups excluding carboxylic acids is 2. The van der Waals surface area contributed by atoms with Crippen LogP contribution in [0.4, 0.5) is 0 Å². The summed E-state index contributed by atoms with van der Waals surface area (Å²) in [7, 11) is -0.814. The van der Waals surface area contributed by atoms with Crippen LogP contribution in [0.25, 0.3) is 10.2 Å². The van der Waals surface area contributed by atoms with Gasteiger partial charge in [-0.05, 0) is 49.4 Å². The lowest BCUT2D eigenvalue weighted by atomic mass is 10.2. The van der Waals surface area contributed by atoms with Crippen molar-refractivity contribution in [2.75, 3.05) is 20.0 Å². The number of ether oxygens (including phenoxy) is 2. The maximum absolute atomic E-state index is 12.5. The van der Waals surface area contributed by atoms with Crippen molar-refractivity contribution in [1.29, 1.82) is 0 Å². The van der Waals surface area contributed by atoms with Crippen LogP contribution in [0.2, 0.25) is 0 Å². The number of amides is 1. The van der Waals surface area contributed by atoms with Crippen LogP contribution in [0.1, 0.15) is 23.7 Å². The molecule has 0 bridgehead atoms. The third-order valence-electron chi connectivity index (χ3n) is 4.64. The minimum Gasteiger partial charge on any atom is -0.497 e. The Morgan fingerprint density at radius 3 is 2.42 bits per heavy atom. The molecule has 1 amide bonds. The first-order chi connectivity index (χ1) is 14.8. The molecule has 3 aromatic rings. The van der Waals surface area contributed by atoms with Crippen LogP contribution in [0.5, 0.6) is 5.75 Å². The maximum atomic E-state index is 12.5. The van der Waals surface area contributed by atoms with Gasteiger partial charge in [0.25, 0.3) is 0 Å². The number of thiazole rings is 1. The van der Waals surface area contributed by atoms with Gasteiger partial charge in [0.1, 0.15) is 5.75 Å². The number of aromatic nitrogens is 1. The molecule has 0 aliphatic heterocycles. The Bertz CT molecular complexity index is 1290. The van der Waals surface area contributed by atoms with Gasteiger partial charge < -0.3 is 14.0 Å². The molecule has 0 atom stereocenters. The van der Waals surface area contributed by atoms with E-state index in [1.165, 1.54) is 37.7 Å². The topological polar surface area (TPSA) is 104 Å². The van der Waals surface area contributed by atoms with Crippen LogP contribution in [0.15, 0.2) is 52.4 Å². The number of rotatable bonds is 7. The lowest BCUT2D eigenvalue weighted by molar-refractivity contribution is -0.117. The molecule has 2 aromatic carbocycles. The molecule has 0 unspecified atom stereocenters. The zero-order chi connectivity index (χ0) is 22.6. The third-order valence-corrected chi connectivity index (χ3v) is 7.42. The largest absolute Gasteiger partial charge is 0.497 e. The molecule has 8 nitrogen and oxygen atoms in total. The summed E-state index contributed by atoms with van der Waals surface area (Å²) >= 11 is 1.26. The van der Waals surface area contributed by atoms with Gasteiger partial charge in [-0.1, -0.05) is 11.3 Å². The summed E-state index contributed by atoms with van der Waals surface area (Å²) < 4.78 is 37.4. The van der Waals surface area contributed by atoms with E-state index in [0.29, 0.717) is 22.7 Å². The second-order valence-electron chi connectivity index (χ2n) is 6.55. The van der Waals surface area contributed by atoms with Crippen molar-refractivity contribution >= 4 is 43.3 Å². The predicted molar refractivity (Wildman–Crippen MR) is 117 cm³/mol. The van der Waals surface area contributed by atoms with Gasteiger partial charge in [-0.25, -0.2) is 13.2 Å². The highest BCUT2D eigenvalue weighted by Gasteiger charge is 2.17. The lowest BCUT2D eigenvalue weighted by Gasteiger charge is -2.04. The fraction of sp³-hybridized carbons (Fsp3) is 0.286. The zero-order valence-electron chi connectivity index (χ0n) is 17.3. The summed E-state index contributed by atoms with van der Waals surface area (Å²) in [5.74, 6) is -0.768. The first-order valence-corrected chi connectivity index (χ1v) is 11.9. The molecule has 0 fully saturated rings. The van der Waals surface area contributed by atoms with Gasteiger partial charge in [0, 0.05) is 13.0 Å². The van der Waals surface area contributed by atoms with Gasteiger partial charge in [0.05, 0.1) is 40.6 Å². The quantitative estimate of drug-likeness (QED) is 0.500. The molecular formula is C21H22N2O6S2. The van der Waals surface area contributed by atoms with Crippen molar-refractivity contribution in [2.24, 2.45) is 4.99 Å². The smallest absolute Gasteiger partial charge is 0.337 e. The Labute approximate surface area is 183 Å². The number of esters is 1. The summed E-state index contributed by atoms with van der Waals surface area (Å²) in [5.41, 5.74) is 1.24. The van der Waals surface area contributed by atoms with Crippen LogP contribution in [0, 0.1) is 0 Å². The highest BCUT2D eigenvalue weighted by molar-refractivity contribution is 7.91. The highest BCUT2D eigenvalue weighted by atomic mass is 32.2. The normalized spacial score (nSPS) is 12.2. The van der Waals surface area contributed by atoms with E-state index >= 15 is 0 Å². The Kier molecular flexibility index (Phi) is 6.91. The fourth-order valence-corrected chi connectivity index (χ4v) is 5.37. The Morgan fingerprint density at radius 2 is 1.81 bits per heavy atom. The summed E-state index contributed by atoms with van der Waals surface area (Å²) in [6.45, 7) is 2.48. The molecule has 0 radical (unpaired) electrons. The SMILES string of the molecule is CCn1c(=NC(=O)CCS(=O)(=O)c2ccc(OC)cc2)sc2cc(C(=O)OC)ccc21. The molecule has 0 saturated carbocycles. The highest BCUT2D eigenvalue weighted by Crippen LogP contribution is 2.20. The minimum atomic E-state index is -3.62. The van der Waals surface area contributed by atoms with Crippen molar-refractivity contribution in [3.63, 3.8) is 0 Å². The Balaban J connectivity index is 1.83. The number of nitrogens with zero attached hydrogens (tertiary/aromatic N) is 2. The molecule has 164 valence electrons. The average molecular weight is 463 g/mol. The van der Waals surface area contributed by atoms with E-state index in [0.717, 1.165) is 10.2 Å². The first kappa shape index (κ1) is 22.7. The molecule has 10 heteroatoms. The van der Waals surface area contributed by atoms with Gasteiger partial charge in [0.15, 0.2) is 14.6 Å². The van der Waals surface area contributed by atoms with E-state index in [1.54, 1.807) is 30.3 Å². The number of benzene rings is 2. The van der Waals surface area contributed by atoms with E-state index in [9.17, 15) is 18.0 Å². The van der Waals surface area contributed by atoms with Gasteiger partial charge in [-0.2, -0.15) is 4.99 Å². The molecule has 3 rings (SSSR count). The van der Waals surface area contributed by atoms with E-state index in [4.69, 9.17) is 9.47 Å². The number of sulfone groups is 1. The van der Waals surface area contributed by atoms with Crippen molar-refractivity contribution in [3.05, 3.63) is 52.8 Å². The molecule has 1 heterocycles. The number of aryl methyl sites for hydroxylation is 1. The van der Waals surface area contributed by atoms with E-state index < -0.39 is 21.7 Å². The molecule has 1 aromatic heterocycles. The minimum absolute atomic E-state index is 0.127. The lowest BCUT2D eigenvalue weighted by Crippen LogP contribution is -2.17. The van der Waals surface area contributed by atoms with Gasteiger partial charge in [-0.15, -0.1) is 0 Å². The van der Waals surface area contributed by atoms with Crippen molar-refractivity contribution < 1.29 is 27.5 Å². The Morgan fingerprint density at radius 1 is 1.10 bits per heavy atom. The van der Waals surface area contributed by atoms with Gasteiger partial charge in [0.2, 0.25) is 5.91 Å². The molecule has 0 spiro atoms. The van der Waals surface area contributed by atoms with Crippen LogP contribution in [0.3, 0.4) is 0 Å². The summed E-state index contributed by atoms with van der Waals surface area (Å²) in [6, 6.07) is 11.1. The number of fused-ring (bicyclic) bond motifs is 1. The summed E-state index contributed by atoms with van der Waals surface area (Å²) in [4.78, 5) is 28.9. The predicted octanol–water partition coefficient (Wildman–Crippen LogP) is 2.81. The molecule has 0 saturated heterocycles. The van der Waals surface area contributed by atoms with Crippen LogP contribution in [-0.4, -0.2) is 44.8 Å². The number of hydrogen-bond donors (Lipinski definition) is 0. The summed E-state index contributed by atoms with van der Waals surface area (Å²) in [6.07, 6.45) is -0.236. The van der Waals surface area contributed by atoms with Gasteiger partial charge in [-0.3, -0.25) is 4.79 Å². The van der Waals surface area contributed by atoms with E-state index in [1.807, 2.05) is 11.5 Å². The van der Waals surface area contributed by atoms with E-state index in [-0.39, 0.29) is 17.1 Å². The number of hydrogen-bond acceptors (Lipinski definition) is 7. The van der Waals surface area contributed by atoms with Crippen molar-refractivity contribution in [3.8, 4) is 5.75 Å². The van der Waals surface area contributed by atoms with Crippen LogP contribution in [-0.2, 0) is 25.9 Å². The molecule has 31 heavy (non-hydrogen) atoms. The first-order valence-electron chi connectivity index (χ1n) is 9.45. The van der Waals surface area contributed by atoms with Crippen molar-refractivity contribution in [2.45, 2.75) is 24.8 Å². The zero-order valence-corrected chi connectivity index (χ0v) is 19.0. The maximum Gasteiger partial charge on any atom is 0.337 e. The molecule has 0 aliphatic rings. The Hall–Kier alpha value is -2.98. The van der Waals surface area contributed by atoms with E-state index in [2.05, 4.69) is 4.99 Å². The molecule has 0 N–H and O–H groups in total. The van der Waals surface area contributed by atoms with Crippen molar-refractivity contribution in [1.82, 2.24) is 4.57 Å². The number of carbonyl (C=O) groups is 2.